The van der Waals surface area contributed by atoms with Crippen molar-refractivity contribution in [3.63, 3.8) is 0 Å². The van der Waals surface area contributed by atoms with Crippen molar-refractivity contribution in [2.24, 2.45) is 5.16 Å². The first kappa shape index (κ1) is 28.8. The highest BCUT2D eigenvalue weighted by molar-refractivity contribution is 7.93. The average molecular weight is 624 g/mol. The van der Waals surface area contributed by atoms with Crippen LogP contribution in [0.1, 0.15) is 16.7 Å². The van der Waals surface area contributed by atoms with Crippen molar-refractivity contribution < 1.29 is 18.4 Å². The molecule has 0 fully saturated rings. The summed E-state index contributed by atoms with van der Waals surface area (Å²) in [6.07, 6.45) is 1.51. The van der Waals surface area contributed by atoms with Crippen LogP contribution in [0.15, 0.2) is 117 Å². The molecule has 0 aliphatic carbocycles. The van der Waals surface area contributed by atoms with Gasteiger partial charge in [-0.3, -0.25) is 14.1 Å². The molecule has 0 bridgehead atoms. The van der Waals surface area contributed by atoms with Crippen LogP contribution in [0.25, 0.3) is 28.0 Å². The second-order valence-corrected chi connectivity index (χ2v) is 12.3. The van der Waals surface area contributed by atoms with Gasteiger partial charge in [0.25, 0.3) is 15.6 Å². The fraction of sp³-hybridized carbons (Fsp3) is 0.0625. The number of para-hydroxylation sites is 1. The highest BCUT2D eigenvalue weighted by atomic mass is 32.2. The highest BCUT2D eigenvalue weighted by Crippen LogP contribution is 2.29. The normalized spacial score (nSPS) is 11.9. The van der Waals surface area contributed by atoms with Crippen molar-refractivity contribution in [2.75, 3.05) is 11.8 Å². The quantitative estimate of drug-likeness (QED) is 0.123. The molecule has 44 heavy (non-hydrogen) atoms. The van der Waals surface area contributed by atoms with E-state index in [2.05, 4.69) is 14.9 Å². The van der Waals surface area contributed by atoms with E-state index in [0.717, 1.165) is 16.9 Å². The molecule has 6 aromatic rings. The average Bonchev–Trinajstić information content (AvgIpc) is 3.54. The zero-order valence-corrected chi connectivity index (χ0v) is 25.1. The molecule has 2 aromatic heterocycles. The van der Waals surface area contributed by atoms with Gasteiger partial charge in [-0.15, -0.1) is 11.3 Å². The van der Waals surface area contributed by atoms with Gasteiger partial charge in [-0.25, -0.2) is 18.4 Å². The Labute approximate surface area is 256 Å². The molecule has 4 aromatic carbocycles. The topological polar surface area (TPSA) is 136 Å². The lowest BCUT2D eigenvalue weighted by molar-refractivity contribution is 0.319. The van der Waals surface area contributed by atoms with Crippen molar-refractivity contribution in [2.45, 2.75) is 11.8 Å². The fourth-order valence-electron chi connectivity index (χ4n) is 4.95. The Hall–Kier alpha value is -5.33. The number of hydrogen-bond donors (Lipinski definition) is 2. The molecule has 0 radical (unpaired) electrons. The van der Waals surface area contributed by atoms with Crippen LogP contribution in [0.2, 0.25) is 0 Å². The number of thiazole rings is 1. The van der Waals surface area contributed by atoms with Crippen LogP contribution in [0, 0.1) is 6.92 Å². The fourth-order valence-corrected chi connectivity index (χ4v) is 6.74. The number of fused-ring (bicyclic) bond motifs is 1. The van der Waals surface area contributed by atoms with Gasteiger partial charge in [-0.1, -0.05) is 41.6 Å². The summed E-state index contributed by atoms with van der Waals surface area (Å²) < 4.78 is 35.2. The lowest BCUT2D eigenvalue weighted by Crippen LogP contribution is -2.23. The van der Waals surface area contributed by atoms with Crippen molar-refractivity contribution in [3.8, 4) is 22.8 Å². The summed E-state index contributed by atoms with van der Waals surface area (Å²) in [6, 6.07) is 25.6. The molecule has 6 rings (SSSR count). The Balaban J connectivity index is 1.53. The van der Waals surface area contributed by atoms with Crippen molar-refractivity contribution >= 4 is 43.1 Å². The summed E-state index contributed by atoms with van der Waals surface area (Å²) in [7, 11) is -2.32. The first-order valence-corrected chi connectivity index (χ1v) is 15.7. The first-order chi connectivity index (χ1) is 21.3. The van der Waals surface area contributed by atoms with E-state index in [-0.39, 0.29) is 27.1 Å². The maximum atomic E-state index is 14.0. The number of anilines is 1. The van der Waals surface area contributed by atoms with Crippen LogP contribution < -0.4 is 15.0 Å². The SMILES string of the molecule is COc1ccc(C(=NO)c2ccccc2-c2nc3ccccc3c(=O)n2-c2ccc(S(=O)(=O)Nc3nccs3)cc2)cc1C. The molecule has 0 saturated heterocycles. The van der Waals surface area contributed by atoms with Crippen molar-refractivity contribution in [1.29, 1.82) is 0 Å². The van der Waals surface area contributed by atoms with E-state index in [0.29, 0.717) is 39.0 Å². The van der Waals surface area contributed by atoms with Gasteiger partial charge < -0.3 is 9.94 Å². The predicted molar refractivity (Wildman–Crippen MR) is 171 cm³/mol. The zero-order valence-electron chi connectivity index (χ0n) is 23.5. The maximum absolute atomic E-state index is 14.0. The number of nitrogens with zero attached hydrogens (tertiary/aromatic N) is 4. The van der Waals surface area contributed by atoms with Gasteiger partial charge in [-0.2, -0.15) is 0 Å². The van der Waals surface area contributed by atoms with Gasteiger partial charge >= 0.3 is 0 Å². The van der Waals surface area contributed by atoms with Gasteiger partial charge in [0.05, 0.1) is 28.6 Å². The Bertz CT molecular complexity index is 2190. The molecule has 10 nitrogen and oxygen atoms in total. The smallest absolute Gasteiger partial charge is 0.266 e. The largest absolute Gasteiger partial charge is 0.496 e. The molecule has 12 heteroatoms. The van der Waals surface area contributed by atoms with Crippen LogP contribution in [0.5, 0.6) is 5.75 Å². The first-order valence-electron chi connectivity index (χ1n) is 13.3. The van der Waals surface area contributed by atoms with Gasteiger partial charge in [0.1, 0.15) is 17.3 Å². The number of aromatic nitrogens is 3. The summed E-state index contributed by atoms with van der Waals surface area (Å²) in [5.74, 6) is 0.976. The lowest BCUT2D eigenvalue weighted by atomic mass is 9.95. The van der Waals surface area contributed by atoms with Gasteiger partial charge in [-0.05, 0) is 67.1 Å². The molecular formula is C32H25N5O5S2. The van der Waals surface area contributed by atoms with E-state index in [9.17, 15) is 18.4 Å². The summed E-state index contributed by atoms with van der Waals surface area (Å²) in [5, 5.41) is 16.2. The molecule has 0 spiro atoms. The summed E-state index contributed by atoms with van der Waals surface area (Å²) in [6.45, 7) is 1.89. The third kappa shape index (κ3) is 5.32. The van der Waals surface area contributed by atoms with Crippen molar-refractivity contribution in [1.82, 2.24) is 14.5 Å². The van der Waals surface area contributed by atoms with Crippen LogP contribution in [0.4, 0.5) is 5.13 Å². The third-order valence-electron chi connectivity index (χ3n) is 7.03. The molecule has 0 saturated carbocycles. The Morgan fingerprint density at radius 2 is 1.75 bits per heavy atom. The Kier molecular flexibility index (Phi) is 7.68. The van der Waals surface area contributed by atoms with Crippen LogP contribution in [-0.2, 0) is 10.0 Å². The lowest BCUT2D eigenvalue weighted by Gasteiger charge is -2.18. The molecule has 220 valence electrons. The monoisotopic (exact) mass is 623 g/mol. The molecule has 0 atom stereocenters. The molecule has 0 amide bonds. The number of aryl methyl sites for hydroxylation is 1. The molecule has 0 unspecified atom stereocenters. The molecule has 2 N–H and O–H groups in total. The van der Waals surface area contributed by atoms with E-state index < -0.39 is 10.0 Å². The Morgan fingerprint density at radius 3 is 2.45 bits per heavy atom. The summed E-state index contributed by atoms with van der Waals surface area (Å²) in [4.78, 5) is 22.9. The standard InChI is InChI=1S/C32H25N5O5S2/c1-20-19-21(11-16-28(20)42-2)29(35-39)24-7-3-4-8-25(24)30-34-27-10-6-5-9-26(27)31(38)37(30)22-12-14-23(15-13-22)44(40,41)36-32-33-17-18-43-32/h3-19,39H,1-2H3,(H,33,36). The van der Waals surface area contributed by atoms with E-state index >= 15 is 0 Å². The van der Waals surface area contributed by atoms with Gasteiger partial charge in [0.2, 0.25) is 0 Å². The van der Waals surface area contributed by atoms with Crippen molar-refractivity contribution in [3.05, 3.63) is 130 Å². The van der Waals surface area contributed by atoms with E-state index in [1.807, 2.05) is 13.0 Å². The minimum absolute atomic E-state index is 0.00442. The molecule has 2 heterocycles. The zero-order chi connectivity index (χ0) is 30.8. The second kappa shape index (κ2) is 11.7. The van der Waals surface area contributed by atoms with E-state index in [1.54, 1.807) is 85.3 Å². The number of rotatable bonds is 8. The van der Waals surface area contributed by atoms with Crippen LogP contribution in [0.3, 0.4) is 0 Å². The maximum Gasteiger partial charge on any atom is 0.266 e. The number of benzene rings is 4. The number of ether oxygens (including phenoxy) is 1. The predicted octanol–water partition coefficient (Wildman–Crippen LogP) is 5.85. The molecular weight excluding hydrogens is 599 g/mol. The summed E-state index contributed by atoms with van der Waals surface area (Å²) in [5.41, 5.74) is 3.34. The minimum Gasteiger partial charge on any atom is -0.496 e. The highest BCUT2D eigenvalue weighted by Gasteiger charge is 2.22. The number of sulfonamides is 1. The molecule has 0 aliphatic heterocycles. The van der Waals surface area contributed by atoms with E-state index in [1.165, 1.54) is 22.9 Å². The third-order valence-corrected chi connectivity index (χ3v) is 9.20. The van der Waals surface area contributed by atoms with Crippen LogP contribution in [-0.4, -0.2) is 41.0 Å². The number of nitrogens with one attached hydrogen (secondary N) is 1. The Morgan fingerprint density at radius 1 is 1.00 bits per heavy atom. The van der Waals surface area contributed by atoms with Crippen LogP contribution >= 0.6 is 11.3 Å². The molecule has 0 aliphatic rings. The number of methoxy groups -OCH3 is 1. The van der Waals surface area contributed by atoms with E-state index in [4.69, 9.17) is 9.72 Å². The van der Waals surface area contributed by atoms with Gasteiger partial charge in [0, 0.05) is 28.3 Å². The number of hydrogen-bond acceptors (Lipinski definition) is 9. The summed E-state index contributed by atoms with van der Waals surface area (Å²) >= 11 is 1.16. The number of oxime groups is 1. The second-order valence-electron chi connectivity index (χ2n) is 9.71. The minimum atomic E-state index is -3.91. The van der Waals surface area contributed by atoms with Gasteiger partial charge in [0.15, 0.2) is 5.13 Å².